The molecule has 1 aliphatic heterocycles. The third-order valence-corrected chi connectivity index (χ3v) is 5.10. The highest BCUT2D eigenvalue weighted by Gasteiger charge is 2.14. The predicted octanol–water partition coefficient (Wildman–Crippen LogP) is 4.18. The molecule has 1 amide bonds. The van der Waals surface area contributed by atoms with Gasteiger partial charge in [0.15, 0.2) is 11.5 Å². The zero-order valence-corrected chi connectivity index (χ0v) is 15.3. The molecule has 0 atom stereocenters. The quantitative estimate of drug-likeness (QED) is 0.856. The zero-order valence-electron chi connectivity index (χ0n) is 13.8. The van der Waals surface area contributed by atoms with Crippen LogP contribution in [0.1, 0.15) is 41.7 Å². The van der Waals surface area contributed by atoms with E-state index in [4.69, 9.17) is 0 Å². The molecule has 1 N–H and O–H groups in total. The lowest BCUT2D eigenvalue weighted by molar-refractivity contribution is 0.102. The molecule has 1 aromatic heterocycles. The molecular weight excluding hydrogens is 368 g/mol. The van der Waals surface area contributed by atoms with Gasteiger partial charge in [0.05, 0.1) is 0 Å². The molecular formula is C18H21BrN4O. The van der Waals surface area contributed by atoms with Crippen molar-refractivity contribution < 1.29 is 4.79 Å². The second kappa shape index (κ2) is 7.75. The number of carbonyl (C=O) groups is 1. The molecule has 0 saturated carbocycles. The summed E-state index contributed by atoms with van der Waals surface area (Å²) in [4.78, 5) is 14.6. The van der Waals surface area contributed by atoms with Gasteiger partial charge in [-0.3, -0.25) is 4.79 Å². The van der Waals surface area contributed by atoms with Crippen LogP contribution in [-0.2, 0) is 0 Å². The SMILES string of the molecule is Cc1ccc(NC(=O)c2ccc(N3CCCCCC3)nn2)cc1Br. The Morgan fingerprint density at radius 3 is 2.46 bits per heavy atom. The second-order valence-corrected chi connectivity index (χ2v) is 6.95. The minimum absolute atomic E-state index is 0.249. The minimum Gasteiger partial charge on any atom is -0.355 e. The molecule has 0 radical (unpaired) electrons. The van der Waals surface area contributed by atoms with Gasteiger partial charge in [-0.15, -0.1) is 10.2 Å². The van der Waals surface area contributed by atoms with E-state index < -0.39 is 0 Å². The van der Waals surface area contributed by atoms with Gasteiger partial charge in [-0.05, 0) is 49.6 Å². The number of carbonyl (C=O) groups excluding carboxylic acids is 1. The number of hydrogen-bond donors (Lipinski definition) is 1. The number of anilines is 2. The number of halogens is 1. The number of benzene rings is 1. The summed E-state index contributed by atoms with van der Waals surface area (Å²) in [7, 11) is 0. The van der Waals surface area contributed by atoms with E-state index in [2.05, 4.69) is 36.3 Å². The van der Waals surface area contributed by atoms with Gasteiger partial charge in [0.2, 0.25) is 0 Å². The average molecular weight is 389 g/mol. The Morgan fingerprint density at radius 2 is 1.83 bits per heavy atom. The van der Waals surface area contributed by atoms with Gasteiger partial charge in [0, 0.05) is 23.2 Å². The molecule has 24 heavy (non-hydrogen) atoms. The fourth-order valence-corrected chi connectivity index (χ4v) is 3.16. The number of aromatic nitrogens is 2. The Balaban J connectivity index is 1.68. The van der Waals surface area contributed by atoms with Gasteiger partial charge in [-0.25, -0.2) is 0 Å². The van der Waals surface area contributed by atoms with Crippen LogP contribution in [0, 0.1) is 6.92 Å². The monoisotopic (exact) mass is 388 g/mol. The molecule has 3 rings (SSSR count). The van der Waals surface area contributed by atoms with Crippen molar-refractivity contribution in [2.45, 2.75) is 32.6 Å². The van der Waals surface area contributed by atoms with Crippen LogP contribution in [-0.4, -0.2) is 29.2 Å². The van der Waals surface area contributed by atoms with E-state index in [0.29, 0.717) is 5.69 Å². The number of amides is 1. The first-order chi connectivity index (χ1) is 11.6. The number of nitrogens with one attached hydrogen (secondary N) is 1. The van der Waals surface area contributed by atoms with Crippen molar-refractivity contribution in [3.05, 3.63) is 46.1 Å². The van der Waals surface area contributed by atoms with Crippen LogP contribution in [0.25, 0.3) is 0 Å². The second-order valence-electron chi connectivity index (χ2n) is 6.10. The van der Waals surface area contributed by atoms with Gasteiger partial charge in [0.1, 0.15) is 0 Å². The smallest absolute Gasteiger partial charge is 0.276 e. The maximum atomic E-state index is 12.3. The Hall–Kier alpha value is -1.95. The van der Waals surface area contributed by atoms with E-state index in [-0.39, 0.29) is 5.91 Å². The van der Waals surface area contributed by atoms with Crippen molar-refractivity contribution >= 4 is 33.3 Å². The summed E-state index contributed by atoms with van der Waals surface area (Å²) in [6, 6.07) is 9.33. The third-order valence-electron chi connectivity index (χ3n) is 4.24. The maximum Gasteiger partial charge on any atom is 0.276 e. The van der Waals surface area contributed by atoms with Crippen LogP contribution in [0.4, 0.5) is 11.5 Å². The molecule has 126 valence electrons. The lowest BCUT2D eigenvalue weighted by Crippen LogP contribution is -2.25. The third kappa shape index (κ3) is 4.12. The molecule has 0 bridgehead atoms. The molecule has 1 saturated heterocycles. The first-order valence-corrected chi connectivity index (χ1v) is 9.09. The van der Waals surface area contributed by atoms with Crippen LogP contribution in [0.3, 0.4) is 0 Å². The largest absolute Gasteiger partial charge is 0.355 e. The van der Waals surface area contributed by atoms with Gasteiger partial charge in [0.25, 0.3) is 5.91 Å². The van der Waals surface area contributed by atoms with Crippen LogP contribution >= 0.6 is 15.9 Å². The summed E-state index contributed by atoms with van der Waals surface area (Å²) in [5.41, 5.74) is 2.18. The van der Waals surface area contributed by atoms with Crippen LogP contribution in [0.2, 0.25) is 0 Å². The van der Waals surface area contributed by atoms with Crippen molar-refractivity contribution in [3.8, 4) is 0 Å². The highest BCUT2D eigenvalue weighted by atomic mass is 79.9. The molecule has 6 heteroatoms. The molecule has 2 heterocycles. The molecule has 1 aromatic carbocycles. The number of rotatable bonds is 3. The van der Waals surface area contributed by atoms with Crippen molar-refractivity contribution in [1.82, 2.24) is 10.2 Å². The summed E-state index contributed by atoms with van der Waals surface area (Å²) >= 11 is 3.47. The predicted molar refractivity (Wildman–Crippen MR) is 99.5 cm³/mol. The Labute approximate surface area is 150 Å². The highest BCUT2D eigenvalue weighted by Crippen LogP contribution is 2.21. The van der Waals surface area contributed by atoms with E-state index in [0.717, 1.165) is 34.6 Å². The zero-order chi connectivity index (χ0) is 16.9. The Kier molecular flexibility index (Phi) is 5.45. The first kappa shape index (κ1) is 16.9. The normalized spacial score (nSPS) is 15.0. The number of aryl methyl sites for hydroxylation is 1. The summed E-state index contributed by atoms with van der Waals surface area (Å²) < 4.78 is 0.961. The Morgan fingerprint density at radius 1 is 1.08 bits per heavy atom. The lowest BCUT2D eigenvalue weighted by atomic mass is 10.2. The molecule has 2 aromatic rings. The van der Waals surface area contributed by atoms with E-state index >= 15 is 0 Å². The molecule has 5 nitrogen and oxygen atoms in total. The van der Waals surface area contributed by atoms with E-state index in [1.807, 2.05) is 31.2 Å². The van der Waals surface area contributed by atoms with Crippen LogP contribution in [0.15, 0.2) is 34.8 Å². The fourth-order valence-electron chi connectivity index (χ4n) is 2.78. The van der Waals surface area contributed by atoms with E-state index in [1.165, 1.54) is 25.7 Å². The lowest BCUT2D eigenvalue weighted by Gasteiger charge is -2.20. The van der Waals surface area contributed by atoms with Gasteiger partial charge < -0.3 is 10.2 Å². The number of nitrogens with zero attached hydrogens (tertiary/aromatic N) is 3. The Bertz CT molecular complexity index is 709. The molecule has 0 aliphatic carbocycles. The molecule has 1 fully saturated rings. The highest BCUT2D eigenvalue weighted by molar-refractivity contribution is 9.10. The molecule has 0 unspecified atom stereocenters. The van der Waals surface area contributed by atoms with Crippen molar-refractivity contribution in [2.75, 3.05) is 23.3 Å². The molecule has 1 aliphatic rings. The fraction of sp³-hybridized carbons (Fsp3) is 0.389. The van der Waals surface area contributed by atoms with Gasteiger partial charge in [-0.2, -0.15) is 0 Å². The van der Waals surface area contributed by atoms with Crippen LogP contribution < -0.4 is 10.2 Å². The summed E-state index contributed by atoms with van der Waals surface area (Å²) in [5, 5.41) is 11.2. The van der Waals surface area contributed by atoms with Crippen molar-refractivity contribution in [3.63, 3.8) is 0 Å². The van der Waals surface area contributed by atoms with Crippen molar-refractivity contribution in [2.24, 2.45) is 0 Å². The average Bonchev–Trinajstić information content (AvgIpc) is 2.88. The van der Waals surface area contributed by atoms with E-state index in [1.54, 1.807) is 6.07 Å². The summed E-state index contributed by atoms with van der Waals surface area (Å²) in [5.74, 6) is 0.604. The first-order valence-electron chi connectivity index (χ1n) is 8.30. The van der Waals surface area contributed by atoms with Gasteiger partial charge >= 0.3 is 0 Å². The van der Waals surface area contributed by atoms with Gasteiger partial charge in [-0.1, -0.05) is 34.8 Å². The van der Waals surface area contributed by atoms with E-state index in [9.17, 15) is 4.79 Å². The topological polar surface area (TPSA) is 58.1 Å². The summed E-state index contributed by atoms with van der Waals surface area (Å²) in [6.45, 7) is 4.03. The van der Waals surface area contributed by atoms with Crippen molar-refractivity contribution in [1.29, 1.82) is 0 Å². The maximum absolute atomic E-state index is 12.3. The minimum atomic E-state index is -0.249. The number of hydrogen-bond acceptors (Lipinski definition) is 4. The molecule has 0 spiro atoms. The van der Waals surface area contributed by atoms with Crippen LogP contribution in [0.5, 0.6) is 0 Å². The summed E-state index contributed by atoms with van der Waals surface area (Å²) in [6.07, 6.45) is 4.92. The standard InChI is InChI=1S/C18H21BrN4O/c1-13-6-7-14(12-15(13)19)20-18(24)16-8-9-17(22-21-16)23-10-4-2-3-5-11-23/h6-9,12H,2-5,10-11H2,1H3,(H,20,24).